The molecule has 3 fully saturated rings. The molecule has 35 heavy (non-hydrogen) atoms. The number of hydrogen-bond donors (Lipinski definition) is 1. The Hall–Kier alpha value is -2.43. The molecule has 1 spiro atoms. The van der Waals surface area contributed by atoms with E-state index in [2.05, 4.69) is 31.2 Å². The number of thiophene rings is 1. The molecule has 0 aromatic carbocycles. The van der Waals surface area contributed by atoms with Gasteiger partial charge in [0.25, 0.3) is 0 Å². The van der Waals surface area contributed by atoms with Crippen molar-refractivity contribution in [2.24, 2.45) is 5.92 Å². The topological polar surface area (TPSA) is 86.6 Å². The standard InChI is InChI=1S/C22H30N4OS.C2HF3O2/c27-19-7-10-22(26(19)15-17-5-2-1-3-6-17)9-4-12-25(13-11-22)21-20-18(8-14-28-20)23-16-24-21;3-2(4,5)1(6)7/h8,14,16-17H,1-7,9-13,15H2;(H,6,7). The summed E-state index contributed by atoms with van der Waals surface area (Å²) in [6.07, 6.45) is 8.43. The molecule has 1 unspecified atom stereocenters. The second-order valence-corrected chi connectivity index (χ2v) is 10.6. The summed E-state index contributed by atoms with van der Waals surface area (Å²) >= 11 is 1.73. The van der Waals surface area contributed by atoms with Gasteiger partial charge in [0.15, 0.2) is 0 Å². The van der Waals surface area contributed by atoms with E-state index in [4.69, 9.17) is 9.90 Å². The number of aliphatic carboxylic acids is 1. The maximum absolute atomic E-state index is 12.8. The number of hydrogen-bond acceptors (Lipinski definition) is 6. The van der Waals surface area contributed by atoms with Gasteiger partial charge in [-0.1, -0.05) is 19.3 Å². The fraction of sp³-hybridized carbons (Fsp3) is 0.667. The fourth-order valence-corrected chi connectivity index (χ4v) is 6.57. The summed E-state index contributed by atoms with van der Waals surface area (Å²) in [6.45, 7) is 3.01. The zero-order valence-corrected chi connectivity index (χ0v) is 20.4. The SMILES string of the molecule is O=C(O)C(F)(F)F.O=C1CCC2(CCCN(c3ncnc4ccsc34)CC2)N1CC1CCCCC1. The van der Waals surface area contributed by atoms with Crippen molar-refractivity contribution in [3.05, 3.63) is 17.8 Å². The molecule has 0 radical (unpaired) electrons. The lowest BCUT2D eigenvalue weighted by molar-refractivity contribution is -0.192. The van der Waals surface area contributed by atoms with Crippen LogP contribution in [-0.4, -0.2) is 63.2 Å². The number of likely N-dealkylation sites (tertiary alicyclic amines) is 1. The summed E-state index contributed by atoms with van der Waals surface area (Å²) in [5, 5.41) is 9.23. The van der Waals surface area contributed by atoms with Crippen molar-refractivity contribution in [2.45, 2.75) is 75.9 Å². The lowest BCUT2D eigenvalue weighted by Crippen LogP contribution is -2.48. The number of fused-ring (bicyclic) bond motifs is 1. The number of carboxylic acids is 1. The molecule has 1 amide bonds. The number of aromatic nitrogens is 2. The van der Waals surface area contributed by atoms with E-state index in [1.165, 1.54) is 36.8 Å². The lowest BCUT2D eigenvalue weighted by atomic mass is 9.84. The summed E-state index contributed by atoms with van der Waals surface area (Å²) in [5.41, 5.74) is 1.13. The number of anilines is 1. The first kappa shape index (κ1) is 25.7. The van der Waals surface area contributed by atoms with Gasteiger partial charge in [-0.25, -0.2) is 14.8 Å². The minimum atomic E-state index is -5.08. The maximum Gasteiger partial charge on any atom is 0.490 e. The Morgan fingerprint density at radius 2 is 1.86 bits per heavy atom. The third-order valence-corrected chi connectivity index (χ3v) is 8.43. The zero-order chi connectivity index (χ0) is 25.1. The largest absolute Gasteiger partial charge is 0.490 e. The highest BCUT2D eigenvalue weighted by molar-refractivity contribution is 7.17. The number of alkyl halides is 3. The number of carbonyl (C=O) groups is 2. The van der Waals surface area contributed by atoms with E-state index in [9.17, 15) is 18.0 Å². The van der Waals surface area contributed by atoms with Gasteiger partial charge in [-0.15, -0.1) is 11.3 Å². The van der Waals surface area contributed by atoms with Crippen molar-refractivity contribution in [2.75, 3.05) is 24.5 Å². The van der Waals surface area contributed by atoms with Crippen molar-refractivity contribution in [3.63, 3.8) is 0 Å². The van der Waals surface area contributed by atoms with Crippen LogP contribution in [0.3, 0.4) is 0 Å². The zero-order valence-electron chi connectivity index (χ0n) is 19.6. The normalized spacial score (nSPS) is 23.9. The molecule has 1 N–H and O–H groups in total. The van der Waals surface area contributed by atoms with Crippen LogP contribution in [0.1, 0.15) is 64.2 Å². The van der Waals surface area contributed by atoms with Crippen molar-refractivity contribution in [1.29, 1.82) is 0 Å². The number of halogens is 3. The molecule has 1 saturated carbocycles. The predicted molar refractivity (Wildman–Crippen MR) is 127 cm³/mol. The Kier molecular flexibility index (Phi) is 7.83. The molecule has 2 aromatic rings. The number of amides is 1. The molecule has 192 valence electrons. The molecule has 1 atom stereocenters. The van der Waals surface area contributed by atoms with E-state index < -0.39 is 12.1 Å². The number of nitrogens with zero attached hydrogens (tertiary/aromatic N) is 4. The highest BCUT2D eigenvalue weighted by Gasteiger charge is 2.46. The van der Waals surface area contributed by atoms with E-state index in [1.54, 1.807) is 17.7 Å². The number of rotatable bonds is 3. The van der Waals surface area contributed by atoms with Gasteiger partial charge in [-0.2, -0.15) is 13.2 Å². The molecule has 2 aromatic heterocycles. The minimum absolute atomic E-state index is 0.0882. The highest BCUT2D eigenvalue weighted by atomic mass is 32.1. The summed E-state index contributed by atoms with van der Waals surface area (Å²) in [6, 6.07) is 2.08. The van der Waals surface area contributed by atoms with Gasteiger partial charge in [0.05, 0.1) is 10.2 Å². The van der Waals surface area contributed by atoms with Crippen molar-refractivity contribution in [3.8, 4) is 0 Å². The summed E-state index contributed by atoms with van der Waals surface area (Å²) in [5.74, 6) is -0.547. The Morgan fingerprint density at radius 1 is 1.11 bits per heavy atom. The number of carboxylic acid groups (broad SMARTS) is 1. The van der Waals surface area contributed by atoms with Crippen molar-refractivity contribution in [1.82, 2.24) is 14.9 Å². The van der Waals surface area contributed by atoms with E-state index in [-0.39, 0.29) is 5.54 Å². The van der Waals surface area contributed by atoms with Gasteiger partial charge < -0.3 is 14.9 Å². The van der Waals surface area contributed by atoms with Crippen LogP contribution in [0.4, 0.5) is 19.0 Å². The first-order valence-electron chi connectivity index (χ1n) is 12.2. The van der Waals surface area contributed by atoms with E-state index in [0.717, 1.165) is 69.0 Å². The van der Waals surface area contributed by atoms with Crippen molar-refractivity contribution >= 4 is 39.2 Å². The van der Waals surface area contributed by atoms with Crippen LogP contribution in [0.5, 0.6) is 0 Å². The van der Waals surface area contributed by atoms with Crippen molar-refractivity contribution < 1.29 is 27.9 Å². The van der Waals surface area contributed by atoms with Crippen LogP contribution >= 0.6 is 11.3 Å². The molecule has 11 heteroatoms. The minimum Gasteiger partial charge on any atom is -0.475 e. The quantitative estimate of drug-likeness (QED) is 0.604. The summed E-state index contributed by atoms with van der Waals surface area (Å²) in [7, 11) is 0. The van der Waals surface area contributed by atoms with Crippen LogP contribution in [0, 0.1) is 5.92 Å². The number of carbonyl (C=O) groups excluding carboxylic acids is 1. The van der Waals surface area contributed by atoms with E-state index in [0.29, 0.717) is 5.91 Å². The van der Waals surface area contributed by atoms with Crippen LogP contribution in [0.15, 0.2) is 17.8 Å². The molecular weight excluding hydrogens is 481 g/mol. The molecule has 2 aliphatic heterocycles. The van der Waals surface area contributed by atoms with Crippen LogP contribution in [0.25, 0.3) is 10.2 Å². The third kappa shape index (κ3) is 5.87. The molecule has 5 rings (SSSR count). The lowest BCUT2D eigenvalue weighted by Gasteiger charge is -2.41. The molecule has 4 heterocycles. The molecule has 1 aliphatic carbocycles. The Bertz CT molecular complexity index is 1040. The molecule has 2 saturated heterocycles. The average Bonchev–Trinajstić information content (AvgIpc) is 3.35. The van der Waals surface area contributed by atoms with E-state index in [1.807, 2.05) is 0 Å². The monoisotopic (exact) mass is 512 g/mol. The van der Waals surface area contributed by atoms with Gasteiger partial charge in [-0.05, 0) is 55.9 Å². The average molecular weight is 513 g/mol. The van der Waals surface area contributed by atoms with E-state index >= 15 is 0 Å². The molecule has 0 bridgehead atoms. The van der Waals surface area contributed by atoms with Gasteiger partial charge in [0, 0.05) is 31.6 Å². The highest BCUT2D eigenvalue weighted by Crippen LogP contribution is 2.42. The molecule has 7 nitrogen and oxygen atoms in total. The van der Waals surface area contributed by atoms with Gasteiger partial charge >= 0.3 is 12.1 Å². The maximum atomic E-state index is 12.8. The Morgan fingerprint density at radius 3 is 2.57 bits per heavy atom. The second-order valence-electron chi connectivity index (χ2n) is 9.71. The molecule has 3 aliphatic rings. The summed E-state index contributed by atoms with van der Waals surface area (Å²) in [4.78, 5) is 35.5. The first-order chi connectivity index (χ1) is 16.7. The Balaban J connectivity index is 0.000000364. The van der Waals surface area contributed by atoms with Crippen LogP contribution < -0.4 is 4.90 Å². The second kappa shape index (κ2) is 10.7. The predicted octanol–water partition coefficient (Wildman–Crippen LogP) is 5.26. The molecular formula is C24H31F3N4O3S. The van der Waals surface area contributed by atoms with Gasteiger partial charge in [0.2, 0.25) is 5.91 Å². The van der Waals surface area contributed by atoms with Crippen LogP contribution in [0.2, 0.25) is 0 Å². The third-order valence-electron chi connectivity index (χ3n) is 7.53. The smallest absolute Gasteiger partial charge is 0.475 e. The van der Waals surface area contributed by atoms with Gasteiger partial charge in [0.1, 0.15) is 12.1 Å². The summed E-state index contributed by atoms with van der Waals surface area (Å²) < 4.78 is 32.9. The fourth-order valence-electron chi connectivity index (χ4n) is 5.71. The Labute approximate surface area is 206 Å². The van der Waals surface area contributed by atoms with Crippen LogP contribution in [-0.2, 0) is 9.59 Å². The first-order valence-corrected chi connectivity index (χ1v) is 13.1. The van der Waals surface area contributed by atoms with Gasteiger partial charge in [-0.3, -0.25) is 4.79 Å².